The standard InChI is InChI=1S/C11H20N4O2S/c1-15(2)18(16,17)10-5-6-11(14-9-10)13-8-4-3-7-12/h5-6,9H,3-4,7-8,12H2,1-2H3,(H,13,14). The van der Waals surface area contributed by atoms with Crippen molar-refractivity contribution in [2.75, 3.05) is 32.5 Å². The van der Waals surface area contributed by atoms with Crippen molar-refractivity contribution >= 4 is 15.8 Å². The second-order valence-corrected chi connectivity index (χ2v) is 6.24. The number of pyridine rings is 1. The molecule has 102 valence electrons. The summed E-state index contributed by atoms with van der Waals surface area (Å²) in [7, 11) is -0.408. The van der Waals surface area contributed by atoms with Crippen LogP contribution in [0, 0.1) is 0 Å². The number of hydrogen-bond donors (Lipinski definition) is 2. The number of rotatable bonds is 7. The molecule has 1 heterocycles. The van der Waals surface area contributed by atoms with E-state index in [0.29, 0.717) is 12.4 Å². The Balaban J connectivity index is 2.63. The van der Waals surface area contributed by atoms with Gasteiger partial charge in [0.25, 0.3) is 0 Å². The highest BCUT2D eigenvalue weighted by atomic mass is 32.2. The fraction of sp³-hybridized carbons (Fsp3) is 0.545. The van der Waals surface area contributed by atoms with Crippen molar-refractivity contribution in [3.8, 4) is 0 Å². The number of anilines is 1. The minimum atomic E-state index is -3.40. The predicted octanol–water partition coefficient (Wildman–Crippen LogP) is 0.483. The van der Waals surface area contributed by atoms with Crippen LogP contribution in [0.1, 0.15) is 12.8 Å². The van der Waals surface area contributed by atoms with Crippen LogP contribution in [0.15, 0.2) is 23.2 Å². The summed E-state index contributed by atoms with van der Waals surface area (Å²) in [5, 5.41) is 3.11. The van der Waals surface area contributed by atoms with Gasteiger partial charge in [-0.25, -0.2) is 17.7 Å². The lowest BCUT2D eigenvalue weighted by Crippen LogP contribution is -2.22. The molecule has 6 nitrogen and oxygen atoms in total. The van der Waals surface area contributed by atoms with Gasteiger partial charge in [0.15, 0.2) is 0 Å². The zero-order valence-corrected chi connectivity index (χ0v) is 11.6. The first-order valence-electron chi connectivity index (χ1n) is 5.81. The van der Waals surface area contributed by atoms with Crippen LogP contribution < -0.4 is 11.1 Å². The van der Waals surface area contributed by atoms with Crippen LogP contribution in [-0.4, -0.2) is 44.9 Å². The summed E-state index contributed by atoms with van der Waals surface area (Å²) in [6.45, 7) is 1.46. The van der Waals surface area contributed by atoms with Crippen LogP contribution in [0.5, 0.6) is 0 Å². The van der Waals surface area contributed by atoms with E-state index in [4.69, 9.17) is 5.73 Å². The highest BCUT2D eigenvalue weighted by Gasteiger charge is 2.16. The molecule has 0 radical (unpaired) electrons. The molecule has 0 aromatic carbocycles. The first-order chi connectivity index (χ1) is 8.48. The van der Waals surface area contributed by atoms with E-state index in [1.807, 2.05) is 0 Å². The third-order valence-corrected chi connectivity index (χ3v) is 4.25. The molecular formula is C11H20N4O2S. The van der Waals surface area contributed by atoms with E-state index >= 15 is 0 Å². The molecule has 1 aromatic rings. The highest BCUT2D eigenvalue weighted by molar-refractivity contribution is 7.89. The third-order valence-electron chi connectivity index (χ3n) is 2.45. The van der Waals surface area contributed by atoms with Gasteiger partial charge >= 0.3 is 0 Å². The molecule has 0 aliphatic carbocycles. The number of hydrogen-bond acceptors (Lipinski definition) is 5. The van der Waals surface area contributed by atoms with E-state index in [9.17, 15) is 8.42 Å². The third kappa shape index (κ3) is 3.94. The van der Waals surface area contributed by atoms with Crippen molar-refractivity contribution in [1.29, 1.82) is 0 Å². The zero-order chi connectivity index (χ0) is 13.6. The molecule has 0 amide bonds. The lowest BCUT2D eigenvalue weighted by atomic mass is 10.3. The minimum absolute atomic E-state index is 0.194. The van der Waals surface area contributed by atoms with Crippen molar-refractivity contribution in [1.82, 2.24) is 9.29 Å². The largest absolute Gasteiger partial charge is 0.370 e. The van der Waals surface area contributed by atoms with E-state index in [0.717, 1.165) is 19.4 Å². The van der Waals surface area contributed by atoms with Gasteiger partial charge in [0.1, 0.15) is 10.7 Å². The Labute approximate surface area is 108 Å². The Kier molecular flexibility index (Phi) is 5.52. The number of aromatic nitrogens is 1. The number of nitrogens with two attached hydrogens (primary N) is 1. The lowest BCUT2D eigenvalue weighted by Gasteiger charge is -2.11. The van der Waals surface area contributed by atoms with Crippen LogP contribution in [0.4, 0.5) is 5.82 Å². The Hall–Kier alpha value is -1.18. The van der Waals surface area contributed by atoms with E-state index in [1.54, 1.807) is 12.1 Å². The normalized spacial score (nSPS) is 11.8. The molecule has 1 rings (SSSR count). The van der Waals surface area contributed by atoms with Crippen LogP contribution in [-0.2, 0) is 10.0 Å². The topological polar surface area (TPSA) is 88.3 Å². The Morgan fingerprint density at radius 1 is 1.33 bits per heavy atom. The predicted molar refractivity (Wildman–Crippen MR) is 71.9 cm³/mol. The maximum Gasteiger partial charge on any atom is 0.244 e. The molecule has 0 unspecified atom stereocenters. The van der Waals surface area contributed by atoms with Gasteiger partial charge in [0, 0.05) is 26.8 Å². The average molecular weight is 272 g/mol. The van der Waals surface area contributed by atoms with Gasteiger partial charge < -0.3 is 11.1 Å². The molecule has 0 saturated heterocycles. The van der Waals surface area contributed by atoms with Gasteiger partial charge in [-0.1, -0.05) is 0 Å². The zero-order valence-electron chi connectivity index (χ0n) is 10.8. The Morgan fingerprint density at radius 2 is 2.06 bits per heavy atom. The van der Waals surface area contributed by atoms with Crippen LogP contribution >= 0.6 is 0 Å². The second-order valence-electron chi connectivity index (χ2n) is 4.09. The van der Waals surface area contributed by atoms with Gasteiger partial charge in [0.2, 0.25) is 10.0 Å². The summed E-state index contributed by atoms with van der Waals surface area (Å²) in [4.78, 5) is 4.27. The molecule has 0 aliphatic heterocycles. The number of nitrogens with zero attached hydrogens (tertiary/aromatic N) is 2. The average Bonchev–Trinajstić information content (AvgIpc) is 2.35. The minimum Gasteiger partial charge on any atom is -0.370 e. The first-order valence-corrected chi connectivity index (χ1v) is 7.25. The highest BCUT2D eigenvalue weighted by Crippen LogP contribution is 2.13. The van der Waals surface area contributed by atoms with Crippen LogP contribution in [0.25, 0.3) is 0 Å². The number of unbranched alkanes of at least 4 members (excludes halogenated alkanes) is 1. The van der Waals surface area contributed by atoms with Crippen molar-refractivity contribution in [3.05, 3.63) is 18.3 Å². The quantitative estimate of drug-likeness (QED) is 0.705. The van der Waals surface area contributed by atoms with Crippen molar-refractivity contribution in [2.45, 2.75) is 17.7 Å². The molecule has 3 N–H and O–H groups in total. The molecule has 1 aromatic heterocycles. The van der Waals surface area contributed by atoms with Crippen molar-refractivity contribution in [2.24, 2.45) is 5.73 Å². The van der Waals surface area contributed by atoms with Gasteiger partial charge in [-0.15, -0.1) is 0 Å². The molecule has 0 atom stereocenters. The molecule has 7 heteroatoms. The molecule has 18 heavy (non-hydrogen) atoms. The fourth-order valence-corrected chi connectivity index (χ4v) is 2.18. The summed E-state index contributed by atoms with van der Waals surface area (Å²) in [6, 6.07) is 3.21. The smallest absolute Gasteiger partial charge is 0.244 e. The SMILES string of the molecule is CN(C)S(=O)(=O)c1ccc(NCCCCN)nc1. The molecular weight excluding hydrogens is 252 g/mol. The molecule has 0 aliphatic rings. The first kappa shape index (κ1) is 14.9. The van der Waals surface area contributed by atoms with Crippen molar-refractivity contribution < 1.29 is 8.42 Å². The van der Waals surface area contributed by atoms with E-state index in [2.05, 4.69) is 10.3 Å². The molecule has 0 bridgehead atoms. The van der Waals surface area contributed by atoms with Crippen LogP contribution in [0.3, 0.4) is 0 Å². The Morgan fingerprint density at radius 3 is 2.56 bits per heavy atom. The summed E-state index contributed by atoms with van der Waals surface area (Å²) >= 11 is 0. The summed E-state index contributed by atoms with van der Waals surface area (Å²) in [6.07, 6.45) is 3.29. The van der Waals surface area contributed by atoms with Gasteiger partial charge in [-0.3, -0.25) is 0 Å². The fourth-order valence-electron chi connectivity index (χ4n) is 1.33. The van der Waals surface area contributed by atoms with Gasteiger partial charge in [-0.2, -0.15) is 0 Å². The second kappa shape index (κ2) is 6.67. The Bertz CT molecular complexity index is 456. The molecule has 0 spiro atoms. The molecule has 0 fully saturated rings. The summed E-state index contributed by atoms with van der Waals surface area (Å²) in [5.74, 6) is 0.671. The lowest BCUT2D eigenvalue weighted by molar-refractivity contribution is 0.520. The van der Waals surface area contributed by atoms with E-state index < -0.39 is 10.0 Å². The van der Waals surface area contributed by atoms with E-state index in [1.165, 1.54) is 24.6 Å². The molecule has 0 saturated carbocycles. The summed E-state index contributed by atoms with van der Waals surface area (Å²) in [5.41, 5.74) is 5.39. The maximum absolute atomic E-state index is 11.8. The number of sulfonamides is 1. The van der Waals surface area contributed by atoms with E-state index in [-0.39, 0.29) is 4.90 Å². The summed E-state index contributed by atoms with van der Waals surface area (Å²) < 4.78 is 24.8. The van der Waals surface area contributed by atoms with Crippen molar-refractivity contribution in [3.63, 3.8) is 0 Å². The number of nitrogens with one attached hydrogen (secondary N) is 1. The van der Waals surface area contributed by atoms with Gasteiger partial charge in [-0.05, 0) is 31.5 Å². The van der Waals surface area contributed by atoms with Crippen LogP contribution in [0.2, 0.25) is 0 Å². The van der Waals surface area contributed by atoms with Gasteiger partial charge in [0.05, 0.1) is 0 Å². The monoisotopic (exact) mass is 272 g/mol. The maximum atomic E-state index is 11.8.